The highest BCUT2D eigenvalue weighted by Gasteiger charge is 2.27. The number of nitrogens with one attached hydrogen (secondary N) is 1. The van der Waals surface area contributed by atoms with Crippen LogP contribution in [0.15, 0.2) is 39.6 Å². The molecule has 5 nitrogen and oxygen atoms in total. The first kappa shape index (κ1) is 14.4. The number of anilines is 1. The van der Waals surface area contributed by atoms with E-state index >= 15 is 0 Å². The van der Waals surface area contributed by atoms with E-state index in [1.807, 2.05) is 19.1 Å². The number of hydrogen-bond donors (Lipinski definition) is 1. The van der Waals surface area contributed by atoms with Crippen molar-refractivity contribution in [2.75, 3.05) is 12.1 Å². The Bertz CT molecular complexity index is 1150. The molecule has 5 rings (SSSR count). The molecule has 0 fully saturated rings. The summed E-state index contributed by atoms with van der Waals surface area (Å²) in [5, 5.41) is 5.65. The van der Waals surface area contributed by atoms with Crippen molar-refractivity contribution >= 4 is 33.0 Å². The van der Waals surface area contributed by atoms with E-state index in [2.05, 4.69) is 25.2 Å². The number of allylic oxidation sites excluding steroid dienone is 1. The molecule has 0 amide bonds. The third kappa shape index (κ3) is 1.92. The SMILES string of the molecule is CC1=CC(C)(C)Nc2ccc3c(c21)c(=O)oc1ccc2c(c13)OCO2. The van der Waals surface area contributed by atoms with Crippen molar-refractivity contribution in [3.63, 3.8) is 0 Å². The quantitative estimate of drug-likeness (QED) is 0.491. The van der Waals surface area contributed by atoms with Gasteiger partial charge in [-0.15, -0.1) is 0 Å². The molecule has 25 heavy (non-hydrogen) atoms. The molecular weight excluding hydrogens is 318 g/mol. The van der Waals surface area contributed by atoms with Crippen LogP contribution in [0.5, 0.6) is 11.5 Å². The Hall–Kier alpha value is -2.95. The lowest BCUT2D eigenvalue weighted by Crippen LogP contribution is -2.31. The Labute approximate surface area is 143 Å². The van der Waals surface area contributed by atoms with Gasteiger partial charge in [0.25, 0.3) is 0 Å². The van der Waals surface area contributed by atoms with Crippen LogP contribution in [0.4, 0.5) is 5.69 Å². The summed E-state index contributed by atoms with van der Waals surface area (Å²) < 4.78 is 16.8. The van der Waals surface area contributed by atoms with E-state index in [4.69, 9.17) is 13.9 Å². The van der Waals surface area contributed by atoms with Gasteiger partial charge in [-0.1, -0.05) is 12.1 Å². The monoisotopic (exact) mass is 335 g/mol. The van der Waals surface area contributed by atoms with Crippen molar-refractivity contribution in [1.82, 2.24) is 0 Å². The predicted molar refractivity (Wildman–Crippen MR) is 97.5 cm³/mol. The van der Waals surface area contributed by atoms with Gasteiger partial charge in [0, 0.05) is 16.6 Å². The molecule has 1 N–H and O–H groups in total. The summed E-state index contributed by atoms with van der Waals surface area (Å²) in [6.07, 6.45) is 2.13. The molecule has 0 aliphatic carbocycles. The van der Waals surface area contributed by atoms with Gasteiger partial charge in [0.15, 0.2) is 11.5 Å². The normalized spacial score (nSPS) is 17.3. The molecule has 0 unspecified atom stereocenters. The number of benzene rings is 2. The van der Waals surface area contributed by atoms with E-state index < -0.39 is 0 Å². The van der Waals surface area contributed by atoms with E-state index in [0.29, 0.717) is 22.5 Å². The second kappa shape index (κ2) is 4.57. The van der Waals surface area contributed by atoms with Crippen LogP contribution in [0, 0.1) is 0 Å². The zero-order chi connectivity index (χ0) is 17.3. The molecule has 0 atom stereocenters. The van der Waals surface area contributed by atoms with Crippen molar-refractivity contribution in [3.05, 3.63) is 46.3 Å². The fraction of sp³-hybridized carbons (Fsp3) is 0.250. The molecule has 3 aromatic rings. The van der Waals surface area contributed by atoms with Gasteiger partial charge in [-0.25, -0.2) is 4.79 Å². The van der Waals surface area contributed by atoms with Crippen LogP contribution in [-0.4, -0.2) is 12.3 Å². The van der Waals surface area contributed by atoms with Crippen LogP contribution >= 0.6 is 0 Å². The molecule has 2 aliphatic rings. The molecule has 0 saturated carbocycles. The van der Waals surface area contributed by atoms with Gasteiger partial charge < -0.3 is 19.2 Å². The molecule has 0 radical (unpaired) electrons. The Morgan fingerprint density at radius 1 is 1.08 bits per heavy atom. The molecule has 0 spiro atoms. The van der Waals surface area contributed by atoms with Crippen LogP contribution in [0.25, 0.3) is 27.3 Å². The Morgan fingerprint density at radius 3 is 2.76 bits per heavy atom. The van der Waals surface area contributed by atoms with Crippen LogP contribution < -0.4 is 20.4 Å². The van der Waals surface area contributed by atoms with E-state index in [9.17, 15) is 4.79 Å². The summed E-state index contributed by atoms with van der Waals surface area (Å²) in [4.78, 5) is 12.8. The average molecular weight is 335 g/mol. The van der Waals surface area contributed by atoms with Gasteiger partial charge in [-0.2, -0.15) is 0 Å². The van der Waals surface area contributed by atoms with E-state index in [1.165, 1.54) is 0 Å². The molecule has 0 bridgehead atoms. The number of fused-ring (bicyclic) bond motifs is 7. The molecule has 3 heterocycles. The first-order valence-electron chi connectivity index (χ1n) is 8.25. The highest BCUT2D eigenvalue weighted by atomic mass is 16.7. The van der Waals surface area contributed by atoms with Gasteiger partial charge in [0.05, 0.1) is 16.3 Å². The summed E-state index contributed by atoms with van der Waals surface area (Å²) >= 11 is 0. The number of hydrogen-bond acceptors (Lipinski definition) is 5. The lowest BCUT2D eigenvalue weighted by molar-refractivity contribution is 0.175. The summed E-state index contributed by atoms with van der Waals surface area (Å²) in [5.41, 5.74) is 2.89. The molecule has 1 aromatic heterocycles. The summed E-state index contributed by atoms with van der Waals surface area (Å²) in [6, 6.07) is 7.50. The smallest absolute Gasteiger partial charge is 0.344 e. The highest BCUT2D eigenvalue weighted by molar-refractivity contribution is 6.13. The van der Waals surface area contributed by atoms with E-state index in [1.54, 1.807) is 12.1 Å². The molecule has 2 aromatic carbocycles. The summed E-state index contributed by atoms with van der Waals surface area (Å²) in [7, 11) is 0. The number of rotatable bonds is 0. The lowest BCUT2D eigenvalue weighted by atomic mass is 9.88. The van der Waals surface area contributed by atoms with Crippen molar-refractivity contribution in [2.24, 2.45) is 0 Å². The minimum Gasteiger partial charge on any atom is -0.454 e. The zero-order valence-corrected chi connectivity index (χ0v) is 14.2. The maximum atomic E-state index is 12.8. The largest absolute Gasteiger partial charge is 0.454 e. The number of ether oxygens (including phenoxy) is 2. The van der Waals surface area contributed by atoms with Crippen molar-refractivity contribution in [2.45, 2.75) is 26.3 Å². The van der Waals surface area contributed by atoms with Gasteiger partial charge in [0.1, 0.15) is 5.58 Å². The fourth-order valence-corrected chi connectivity index (χ4v) is 3.98. The first-order chi connectivity index (χ1) is 11.9. The van der Waals surface area contributed by atoms with Crippen molar-refractivity contribution in [1.29, 1.82) is 0 Å². The second-order valence-corrected chi connectivity index (χ2v) is 7.15. The zero-order valence-electron chi connectivity index (χ0n) is 14.2. The van der Waals surface area contributed by atoms with Crippen molar-refractivity contribution < 1.29 is 13.9 Å². The molecule has 2 aliphatic heterocycles. The topological polar surface area (TPSA) is 60.7 Å². The van der Waals surface area contributed by atoms with Gasteiger partial charge in [0.2, 0.25) is 6.79 Å². The van der Waals surface area contributed by atoms with Crippen LogP contribution in [0.1, 0.15) is 26.3 Å². The minimum atomic E-state index is -0.340. The van der Waals surface area contributed by atoms with E-state index in [-0.39, 0.29) is 18.0 Å². The lowest BCUT2D eigenvalue weighted by Gasteiger charge is -2.31. The third-order valence-corrected chi connectivity index (χ3v) is 4.81. The minimum absolute atomic E-state index is 0.167. The van der Waals surface area contributed by atoms with E-state index in [0.717, 1.165) is 27.6 Å². The predicted octanol–water partition coefficient (Wildman–Crippen LogP) is 4.28. The summed E-state index contributed by atoms with van der Waals surface area (Å²) in [6.45, 7) is 6.41. The molecule has 5 heteroatoms. The van der Waals surface area contributed by atoms with Crippen LogP contribution in [0.3, 0.4) is 0 Å². The molecule has 0 saturated heterocycles. The second-order valence-electron chi connectivity index (χ2n) is 7.15. The molecule has 126 valence electrons. The third-order valence-electron chi connectivity index (χ3n) is 4.81. The maximum absolute atomic E-state index is 12.8. The van der Waals surface area contributed by atoms with Gasteiger partial charge in [-0.3, -0.25) is 0 Å². The maximum Gasteiger partial charge on any atom is 0.344 e. The van der Waals surface area contributed by atoms with Gasteiger partial charge in [-0.05, 0) is 44.5 Å². The molecular formula is C20H17NO4. The van der Waals surface area contributed by atoms with Crippen LogP contribution in [-0.2, 0) is 0 Å². The average Bonchev–Trinajstić information content (AvgIpc) is 3.01. The highest BCUT2D eigenvalue weighted by Crippen LogP contribution is 2.44. The summed E-state index contributed by atoms with van der Waals surface area (Å²) in [5.74, 6) is 1.31. The Morgan fingerprint density at radius 2 is 1.92 bits per heavy atom. The first-order valence-corrected chi connectivity index (χ1v) is 8.25. The van der Waals surface area contributed by atoms with Crippen LogP contribution in [0.2, 0.25) is 0 Å². The Balaban J connectivity index is 1.97. The Kier molecular flexibility index (Phi) is 2.63. The fourth-order valence-electron chi connectivity index (χ4n) is 3.98. The standard InChI is InChI=1S/C20H17NO4/c1-10-8-20(2,3)21-12-5-4-11-16-13(25-19(22)17(11)15(10)12)6-7-14-18(16)24-9-23-14/h4-8,21H,9H2,1-3H3. The van der Waals surface area contributed by atoms with Crippen molar-refractivity contribution in [3.8, 4) is 11.5 Å². The van der Waals surface area contributed by atoms with Gasteiger partial charge >= 0.3 is 5.63 Å².